The molecule has 0 aliphatic heterocycles. The van der Waals surface area contributed by atoms with E-state index in [9.17, 15) is 5.11 Å². The van der Waals surface area contributed by atoms with Crippen molar-refractivity contribution in [1.82, 2.24) is 5.32 Å². The Balaban J connectivity index is 1.87. The highest BCUT2D eigenvalue weighted by molar-refractivity contribution is 5.48. The minimum atomic E-state index is 0.245. The number of hydrogen-bond acceptors (Lipinski definition) is 3. The van der Waals surface area contributed by atoms with Crippen LogP contribution < -0.4 is 10.2 Å². The molecule has 0 saturated heterocycles. The van der Waals surface area contributed by atoms with Crippen LogP contribution in [-0.4, -0.2) is 31.3 Å². The number of benzene rings is 1. The normalized spacial score (nSPS) is 15.7. The summed E-state index contributed by atoms with van der Waals surface area (Å²) in [5.41, 5.74) is 1.39. The van der Waals surface area contributed by atoms with Crippen molar-refractivity contribution in [3.05, 3.63) is 24.3 Å². The smallest absolute Gasteiger partial charge is 0.115 e. The van der Waals surface area contributed by atoms with E-state index in [-0.39, 0.29) is 5.41 Å². The van der Waals surface area contributed by atoms with E-state index in [1.165, 1.54) is 12.8 Å². The summed E-state index contributed by atoms with van der Waals surface area (Å²) in [7, 11) is 2.10. The second-order valence-corrected chi connectivity index (χ2v) is 6.19. The molecule has 0 atom stereocenters. The summed E-state index contributed by atoms with van der Waals surface area (Å²) in [4.78, 5) is 2.24. The van der Waals surface area contributed by atoms with Crippen molar-refractivity contribution >= 4 is 5.69 Å². The van der Waals surface area contributed by atoms with E-state index >= 15 is 0 Å². The van der Waals surface area contributed by atoms with Crippen LogP contribution >= 0.6 is 0 Å². The van der Waals surface area contributed by atoms with Gasteiger partial charge in [0.1, 0.15) is 5.75 Å². The maximum Gasteiger partial charge on any atom is 0.115 e. The fourth-order valence-corrected chi connectivity index (χ4v) is 2.20. The Labute approximate surface area is 110 Å². The van der Waals surface area contributed by atoms with Crippen LogP contribution in [0.15, 0.2) is 24.3 Å². The van der Waals surface area contributed by atoms with Gasteiger partial charge in [-0.05, 0) is 42.5 Å². The fraction of sp³-hybridized carbons (Fsp3) is 0.600. The first-order valence-electron chi connectivity index (χ1n) is 6.70. The van der Waals surface area contributed by atoms with E-state index in [1.54, 1.807) is 12.1 Å². The third-order valence-corrected chi connectivity index (χ3v) is 3.40. The first kappa shape index (κ1) is 13.2. The number of nitrogens with zero attached hydrogens (tertiary/aromatic N) is 1. The number of nitrogens with one attached hydrogen (secondary N) is 1. The van der Waals surface area contributed by atoms with Crippen LogP contribution in [0.25, 0.3) is 0 Å². The molecule has 0 spiro atoms. The number of hydrogen-bond donors (Lipinski definition) is 2. The molecule has 18 heavy (non-hydrogen) atoms. The lowest BCUT2D eigenvalue weighted by Gasteiger charge is -2.32. The third kappa shape index (κ3) is 3.91. The molecule has 1 aromatic carbocycles. The summed E-state index contributed by atoms with van der Waals surface area (Å²) in [6, 6.07) is 8.16. The van der Waals surface area contributed by atoms with Gasteiger partial charge in [0.15, 0.2) is 0 Å². The van der Waals surface area contributed by atoms with Gasteiger partial charge in [-0.2, -0.15) is 0 Å². The molecule has 0 aromatic heterocycles. The summed E-state index contributed by atoms with van der Waals surface area (Å²) < 4.78 is 0. The van der Waals surface area contributed by atoms with Crippen molar-refractivity contribution in [3.63, 3.8) is 0 Å². The van der Waals surface area contributed by atoms with Gasteiger partial charge in [0.2, 0.25) is 0 Å². The Morgan fingerprint density at radius 3 is 2.44 bits per heavy atom. The van der Waals surface area contributed by atoms with Gasteiger partial charge >= 0.3 is 0 Å². The maximum atomic E-state index is 9.29. The number of rotatable bonds is 6. The molecule has 0 amide bonds. The van der Waals surface area contributed by atoms with Gasteiger partial charge in [0.05, 0.1) is 0 Å². The number of phenolic OH excluding ortho intramolecular Hbond substituents is 1. The largest absolute Gasteiger partial charge is 0.508 e. The Morgan fingerprint density at radius 1 is 1.28 bits per heavy atom. The third-order valence-electron chi connectivity index (χ3n) is 3.40. The first-order valence-corrected chi connectivity index (χ1v) is 6.70. The van der Waals surface area contributed by atoms with E-state index < -0.39 is 0 Å². The van der Waals surface area contributed by atoms with E-state index in [0.29, 0.717) is 5.75 Å². The molecule has 1 saturated carbocycles. The highest BCUT2D eigenvalue weighted by Crippen LogP contribution is 2.24. The van der Waals surface area contributed by atoms with Crippen molar-refractivity contribution in [2.45, 2.75) is 32.7 Å². The molecular weight excluding hydrogens is 224 g/mol. The minimum absolute atomic E-state index is 0.245. The average molecular weight is 248 g/mol. The van der Waals surface area contributed by atoms with E-state index in [0.717, 1.165) is 24.8 Å². The van der Waals surface area contributed by atoms with Crippen LogP contribution in [0.2, 0.25) is 0 Å². The van der Waals surface area contributed by atoms with Crippen LogP contribution in [0.3, 0.4) is 0 Å². The predicted octanol–water partition coefficient (Wildman–Crippen LogP) is 2.61. The molecule has 1 aromatic rings. The monoisotopic (exact) mass is 248 g/mol. The molecule has 100 valence electrons. The topological polar surface area (TPSA) is 35.5 Å². The van der Waals surface area contributed by atoms with Crippen molar-refractivity contribution in [2.75, 3.05) is 25.0 Å². The van der Waals surface area contributed by atoms with Crippen molar-refractivity contribution in [1.29, 1.82) is 0 Å². The molecule has 3 heteroatoms. The van der Waals surface area contributed by atoms with Crippen molar-refractivity contribution in [2.24, 2.45) is 5.41 Å². The first-order chi connectivity index (χ1) is 8.46. The highest BCUT2D eigenvalue weighted by Gasteiger charge is 2.26. The lowest BCUT2D eigenvalue weighted by atomic mass is 9.92. The Bertz CT molecular complexity index is 382. The SMILES string of the molecule is CN(CC(C)(C)CNC1CC1)c1ccc(O)cc1. The molecule has 0 bridgehead atoms. The highest BCUT2D eigenvalue weighted by atomic mass is 16.3. The second-order valence-electron chi connectivity index (χ2n) is 6.19. The molecule has 0 unspecified atom stereocenters. The Morgan fingerprint density at radius 2 is 1.89 bits per heavy atom. The zero-order valence-corrected chi connectivity index (χ0v) is 11.6. The summed E-state index contributed by atoms with van der Waals surface area (Å²) >= 11 is 0. The molecule has 2 N–H and O–H groups in total. The molecule has 1 aliphatic rings. The predicted molar refractivity (Wildman–Crippen MR) is 76.2 cm³/mol. The van der Waals surface area contributed by atoms with Crippen LogP contribution in [0.1, 0.15) is 26.7 Å². The summed E-state index contributed by atoms with van der Waals surface area (Å²) in [6.45, 7) is 6.64. The quantitative estimate of drug-likeness (QED) is 0.812. The molecule has 0 radical (unpaired) electrons. The molecular formula is C15H24N2O. The van der Waals surface area contributed by atoms with Crippen LogP contribution in [0.5, 0.6) is 5.75 Å². The maximum absolute atomic E-state index is 9.29. The van der Waals surface area contributed by atoms with Crippen LogP contribution in [-0.2, 0) is 0 Å². The lowest BCUT2D eigenvalue weighted by Crippen LogP contribution is -2.39. The lowest BCUT2D eigenvalue weighted by molar-refractivity contribution is 0.345. The average Bonchev–Trinajstić information content (AvgIpc) is 3.10. The summed E-state index contributed by atoms with van der Waals surface area (Å²) in [5.74, 6) is 0.321. The van der Waals surface area contributed by atoms with Gasteiger partial charge in [-0.1, -0.05) is 13.8 Å². The van der Waals surface area contributed by atoms with Gasteiger partial charge in [-0.25, -0.2) is 0 Å². The molecule has 1 fully saturated rings. The Hall–Kier alpha value is -1.22. The number of aromatic hydroxyl groups is 1. The van der Waals surface area contributed by atoms with Crippen molar-refractivity contribution in [3.8, 4) is 5.75 Å². The van der Waals surface area contributed by atoms with Gasteiger partial charge < -0.3 is 15.3 Å². The zero-order valence-electron chi connectivity index (χ0n) is 11.6. The second kappa shape index (κ2) is 5.19. The standard InChI is InChI=1S/C15H24N2O/c1-15(2,10-16-12-4-5-12)11-17(3)13-6-8-14(18)9-7-13/h6-9,12,16,18H,4-5,10-11H2,1-3H3. The van der Waals surface area contributed by atoms with E-state index in [1.807, 2.05) is 12.1 Å². The van der Waals surface area contributed by atoms with Crippen LogP contribution in [0, 0.1) is 5.41 Å². The van der Waals surface area contributed by atoms with Gasteiger partial charge in [-0.3, -0.25) is 0 Å². The van der Waals surface area contributed by atoms with Gasteiger partial charge in [-0.15, -0.1) is 0 Å². The zero-order chi connectivity index (χ0) is 13.2. The number of phenols is 1. The summed E-state index contributed by atoms with van der Waals surface area (Å²) in [5, 5.41) is 12.9. The van der Waals surface area contributed by atoms with Gasteiger partial charge in [0, 0.05) is 31.9 Å². The molecule has 3 nitrogen and oxygen atoms in total. The minimum Gasteiger partial charge on any atom is -0.508 e. The molecule has 0 heterocycles. The summed E-state index contributed by atoms with van der Waals surface area (Å²) in [6.07, 6.45) is 2.67. The number of anilines is 1. The van der Waals surface area contributed by atoms with E-state index in [2.05, 4.69) is 31.1 Å². The fourth-order valence-electron chi connectivity index (χ4n) is 2.20. The Kier molecular flexibility index (Phi) is 3.81. The van der Waals surface area contributed by atoms with Crippen LogP contribution in [0.4, 0.5) is 5.69 Å². The molecule has 2 rings (SSSR count). The molecule has 1 aliphatic carbocycles. The van der Waals surface area contributed by atoms with Crippen molar-refractivity contribution < 1.29 is 5.11 Å². The van der Waals surface area contributed by atoms with Gasteiger partial charge in [0.25, 0.3) is 0 Å². The van der Waals surface area contributed by atoms with E-state index in [4.69, 9.17) is 0 Å².